The van der Waals surface area contributed by atoms with Gasteiger partial charge in [0.2, 0.25) is 0 Å². The molecule has 0 aliphatic rings. The van der Waals surface area contributed by atoms with Gasteiger partial charge in [0, 0.05) is 0 Å². The van der Waals surface area contributed by atoms with Crippen molar-refractivity contribution in [2.75, 3.05) is 13.7 Å². The third-order valence-electron chi connectivity index (χ3n) is 6.10. The zero-order valence-electron chi connectivity index (χ0n) is 24.3. The zero-order chi connectivity index (χ0) is 30.4. The van der Waals surface area contributed by atoms with E-state index >= 15 is 0 Å². The van der Waals surface area contributed by atoms with Gasteiger partial charge < -0.3 is 23.7 Å². The summed E-state index contributed by atoms with van der Waals surface area (Å²) in [5, 5.41) is 4.01. The summed E-state index contributed by atoms with van der Waals surface area (Å²) in [4.78, 5) is 25.1. The molecule has 0 spiro atoms. The quantitative estimate of drug-likeness (QED) is 0.0817. The number of esters is 1. The van der Waals surface area contributed by atoms with E-state index in [9.17, 15) is 9.59 Å². The van der Waals surface area contributed by atoms with Gasteiger partial charge in [-0.15, -0.1) is 0 Å². The lowest BCUT2D eigenvalue weighted by Gasteiger charge is -2.13. The molecule has 0 aliphatic carbocycles. The first kappa shape index (κ1) is 30.6. The predicted octanol–water partition coefficient (Wildman–Crippen LogP) is 6.20. The summed E-state index contributed by atoms with van der Waals surface area (Å²) < 4.78 is 28.0. The first-order valence-corrected chi connectivity index (χ1v) is 13.8. The lowest BCUT2D eigenvalue weighted by atomic mass is 10.2. The Labute approximate surface area is 251 Å². The number of carbonyl (C=O) groups is 2. The van der Waals surface area contributed by atoms with Crippen LogP contribution in [0.5, 0.6) is 28.7 Å². The maximum absolute atomic E-state index is 12.6. The molecule has 1 amide bonds. The van der Waals surface area contributed by atoms with E-state index in [1.165, 1.54) is 13.3 Å². The Bertz CT molecular complexity index is 1500. The van der Waals surface area contributed by atoms with Crippen LogP contribution in [0.4, 0.5) is 0 Å². The molecule has 4 aromatic rings. The number of hydrogen-bond donors (Lipinski definition) is 1. The standard InChI is InChI=1S/C34H34N2O7/c1-4-20-40-28-13-11-27(12-14-28)34(38)43-31-19-10-26(21-32(31)39-3)22-35-36-33(37)24(2)42-30-17-15-29(16-18-30)41-23-25-8-6-5-7-9-25/h5-19,21-22,24H,4,20,23H2,1-3H3,(H,36,37)/b35-22-/t24-/m0/s1. The van der Waals surface area contributed by atoms with Crippen LogP contribution in [-0.4, -0.2) is 37.9 Å². The van der Waals surface area contributed by atoms with Crippen LogP contribution in [-0.2, 0) is 11.4 Å². The highest BCUT2D eigenvalue weighted by atomic mass is 16.6. The van der Waals surface area contributed by atoms with Crippen molar-refractivity contribution in [3.05, 3.63) is 114 Å². The highest BCUT2D eigenvalue weighted by molar-refractivity contribution is 5.92. The van der Waals surface area contributed by atoms with Crippen LogP contribution in [0.2, 0.25) is 0 Å². The molecule has 0 unspecified atom stereocenters. The van der Waals surface area contributed by atoms with Crippen LogP contribution >= 0.6 is 0 Å². The Morgan fingerprint density at radius 1 is 0.837 bits per heavy atom. The Morgan fingerprint density at radius 3 is 2.21 bits per heavy atom. The SMILES string of the molecule is CCCOc1ccc(C(=O)Oc2ccc(/C=N\NC(=O)[C@H](C)Oc3ccc(OCc4ccccc4)cc3)cc2OC)cc1. The molecule has 0 bridgehead atoms. The number of ether oxygens (including phenoxy) is 5. The first-order chi connectivity index (χ1) is 20.9. The van der Waals surface area contributed by atoms with Crippen LogP contribution in [0, 0.1) is 0 Å². The summed E-state index contributed by atoms with van der Waals surface area (Å²) in [5.74, 6) is 1.53. The topological polar surface area (TPSA) is 105 Å². The number of nitrogens with one attached hydrogen (secondary N) is 1. The second-order valence-corrected chi connectivity index (χ2v) is 9.41. The number of hydrazone groups is 1. The van der Waals surface area contributed by atoms with E-state index in [1.807, 2.05) is 37.3 Å². The molecule has 222 valence electrons. The molecule has 9 heteroatoms. The molecule has 0 heterocycles. The van der Waals surface area contributed by atoms with E-state index in [1.54, 1.807) is 73.7 Å². The number of benzene rings is 4. The van der Waals surface area contributed by atoms with Crippen LogP contribution < -0.4 is 29.1 Å². The fraction of sp³-hybridized carbons (Fsp3) is 0.206. The summed E-state index contributed by atoms with van der Waals surface area (Å²) in [5.41, 5.74) is 4.54. The van der Waals surface area contributed by atoms with Crippen LogP contribution in [0.25, 0.3) is 0 Å². The second kappa shape index (κ2) is 15.6. The molecule has 0 aliphatic heterocycles. The molecule has 0 saturated carbocycles. The Kier molecular flexibility index (Phi) is 11.1. The Hall–Kier alpha value is -5.31. The summed E-state index contributed by atoms with van der Waals surface area (Å²) in [6, 6.07) is 28.6. The van der Waals surface area contributed by atoms with Gasteiger partial charge >= 0.3 is 5.97 Å². The van der Waals surface area contributed by atoms with Crippen molar-refractivity contribution in [3.8, 4) is 28.7 Å². The molecule has 1 N–H and O–H groups in total. The predicted molar refractivity (Wildman–Crippen MR) is 163 cm³/mol. The monoisotopic (exact) mass is 582 g/mol. The Morgan fingerprint density at radius 2 is 1.51 bits per heavy atom. The highest BCUT2D eigenvalue weighted by Crippen LogP contribution is 2.28. The van der Waals surface area contributed by atoms with Crippen molar-refractivity contribution in [1.82, 2.24) is 5.43 Å². The van der Waals surface area contributed by atoms with Crippen LogP contribution in [0.3, 0.4) is 0 Å². The summed E-state index contributed by atoms with van der Waals surface area (Å²) in [6.45, 7) is 4.71. The van der Waals surface area contributed by atoms with Crippen molar-refractivity contribution in [1.29, 1.82) is 0 Å². The molecule has 0 aromatic heterocycles. The average Bonchev–Trinajstić information content (AvgIpc) is 3.04. The minimum absolute atomic E-state index is 0.249. The summed E-state index contributed by atoms with van der Waals surface area (Å²) in [6.07, 6.45) is 1.55. The van der Waals surface area contributed by atoms with E-state index in [-0.39, 0.29) is 5.75 Å². The van der Waals surface area contributed by atoms with Crippen molar-refractivity contribution >= 4 is 18.1 Å². The molecule has 0 fully saturated rings. The number of carbonyl (C=O) groups excluding carboxylic acids is 2. The third kappa shape index (κ3) is 9.36. The van der Waals surface area contributed by atoms with Gasteiger partial charge in [-0.3, -0.25) is 4.79 Å². The third-order valence-corrected chi connectivity index (χ3v) is 6.10. The van der Waals surface area contributed by atoms with Crippen molar-refractivity contribution in [2.45, 2.75) is 33.0 Å². The van der Waals surface area contributed by atoms with Crippen molar-refractivity contribution < 1.29 is 33.3 Å². The van der Waals surface area contributed by atoms with Gasteiger partial charge in [0.25, 0.3) is 5.91 Å². The highest BCUT2D eigenvalue weighted by Gasteiger charge is 2.15. The molecule has 43 heavy (non-hydrogen) atoms. The maximum Gasteiger partial charge on any atom is 0.343 e. The summed E-state index contributed by atoms with van der Waals surface area (Å²) >= 11 is 0. The normalized spacial score (nSPS) is 11.4. The van der Waals surface area contributed by atoms with Gasteiger partial charge in [0.1, 0.15) is 23.9 Å². The number of methoxy groups -OCH3 is 1. The molecular weight excluding hydrogens is 548 g/mol. The number of amides is 1. The molecular formula is C34H34N2O7. The van der Waals surface area contributed by atoms with E-state index in [0.717, 1.165) is 12.0 Å². The number of nitrogens with zero attached hydrogens (tertiary/aromatic N) is 1. The zero-order valence-corrected chi connectivity index (χ0v) is 24.3. The van der Waals surface area contributed by atoms with E-state index in [4.69, 9.17) is 23.7 Å². The number of hydrogen-bond acceptors (Lipinski definition) is 8. The maximum atomic E-state index is 12.6. The van der Waals surface area contributed by atoms with Gasteiger partial charge in [0.05, 0.1) is 25.5 Å². The van der Waals surface area contributed by atoms with Crippen molar-refractivity contribution in [3.63, 3.8) is 0 Å². The molecule has 4 rings (SSSR count). The van der Waals surface area contributed by atoms with E-state index < -0.39 is 18.0 Å². The van der Waals surface area contributed by atoms with E-state index in [2.05, 4.69) is 10.5 Å². The van der Waals surface area contributed by atoms with Gasteiger partial charge in [-0.25, -0.2) is 10.2 Å². The molecule has 4 aromatic carbocycles. The van der Waals surface area contributed by atoms with Gasteiger partial charge in [0.15, 0.2) is 17.6 Å². The number of rotatable bonds is 14. The van der Waals surface area contributed by atoms with Gasteiger partial charge in [-0.2, -0.15) is 5.10 Å². The van der Waals surface area contributed by atoms with Gasteiger partial charge in [-0.05, 0) is 91.2 Å². The first-order valence-electron chi connectivity index (χ1n) is 13.8. The molecule has 1 atom stereocenters. The molecule has 0 saturated heterocycles. The summed E-state index contributed by atoms with van der Waals surface area (Å²) in [7, 11) is 1.47. The lowest BCUT2D eigenvalue weighted by molar-refractivity contribution is -0.127. The largest absolute Gasteiger partial charge is 0.494 e. The fourth-order valence-corrected chi connectivity index (χ4v) is 3.79. The second-order valence-electron chi connectivity index (χ2n) is 9.41. The Balaban J connectivity index is 1.26. The minimum atomic E-state index is -0.795. The van der Waals surface area contributed by atoms with Crippen molar-refractivity contribution in [2.24, 2.45) is 5.10 Å². The molecule has 0 radical (unpaired) electrons. The smallest absolute Gasteiger partial charge is 0.343 e. The van der Waals surface area contributed by atoms with Gasteiger partial charge in [-0.1, -0.05) is 37.3 Å². The lowest BCUT2D eigenvalue weighted by Crippen LogP contribution is -2.33. The fourth-order valence-electron chi connectivity index (χ4n) is 3.79. The molecule has 9 nitrogen and oxygen atoms in total. The average molecular weight is 583 g/mol. The van der Waals surface area contributed by atoms with Crippen LogP contribution in [0.1, 0.15) is 41.8 Å². The minimum Gasteiger partial charge on any atom is -0.494 e. The van der Waals surface area contributed by atoms with E-state index in [0.29, 0.717) is 47.3 Å². The van der Waals surface area contributed by atoms with Crippen LogP contribution in [0.15, 0.2) is 102 Å².